The lowest BCUT2D eigenvalue weighted by Crippen LogP contribution is -2.12. The van der Waals surface area contributed by atoms with Gasteiger partial charge in [0.25, 0.3) is 0 Å². The molecule has 0 heterocycles. The monoisotopic (exact) mass is 286 g/mol. The van der Waals surface area contributed by atoms with Gasteiger partial charge >= 0.3 is 0 Å². The van der Waals surface area contributed by atoms with E-state index in [1.165, 1.54) is 0 Å². The van der Waals surface area contributed by atoms with Crippen molar-refractivity contribution in [2.75, 3.05) is 58.4 Å². The van der Waals surface area contributed by atoms with Crippen LogP contribution in [-0.2, 0) is 18.9 Å². The molecule has 0 bridgehead atoms. The van der Waals surface area contributed by atoms with Crippen LogP contribution in [0.4, 0.5) is 0 Å². The van der Waals surface area contributed by atoms with Crippen LogP contribution in [0.25, 0.3) is 0 Å². The molecule has 0 aromatic heterocycles. The second-order valence-electron chi connectivity index (χ2n) is 2.58. The van der Waals surface area contributed by atoms with E-state index in [0.717, 1.165) is 0 Å². The molecule has 92 valence electrons. The van der Waals surface area contributed by atoms with Crippen LogP contribution in [0.2, 0.25) is 0 Å². The van der Waals surface area contributed by atoms with E-state index in [2.05, 4.69) is 15.9 Å². The maximum Gasteiger partial charge on any atom is 0.102 e. The Labute approximate surface area is 98.8 Å². The lowest BCUT2D eigenvalue weighted by Gasteiger charge is -2.05. The molecule has 0 aliphatic rings. The van der Waals surface area contributed by atoms with Crippen LogP contribution in [-0.4, -0.2) is 63.5 Å². The molecule has 0 spiro atoms. The molecular formula is C9H19BrO5. The predicted molar refractivity (Wildman–Crippen MR) is 59.3 cm³/mol. The minimum atomic E-state index is 0.0523. The van der Waals surface area contributed by atoms with Gasteiger partial charge in [-0.05, 0) is 0 Å². The number of halogens is 1. The molecule has 15 heavy (non-hydrogen) atoms. The highest BCUT2D eigenvalue weighted by Crippen LogP contribution is 1.84. The number of hydrogen-bond acceptors (Lipinski definition) is 5. The second kappa shape index (κ2) is 14.3. The van der Waals surface area contributed by atoms with Gasteiger partial charge in [0.2, 0.25) is 0 Å². The summed E-state index contributed by atoms with van der Waals surface area (Å²) < 4.78 is 20.4. The Balaban J connectivity index is 2.81. The molecule has 1 N–H and O–H groups in total. The maximum atomic E-state index is 8.41. The quantitative estimate of drug-likeness (QED) is 0.416. The number of rotatable bonds is 12. The summed E-state index contributed by atoms with van der Waals surface area (Å²) in [5.41, 5.74) is 0.537. The van der Waals surface area contributed by atoms with Gasteiger partial charge in [0, 0.05) is 0 Å². The summed E-state index contributed by atoms with van der Waals surface area (Å²) >= 11 is 3.14. The van der Waals surface area contributed by atoms with E-state index in [1.807, 2.05) is 0 Å². The van der Waals surface area contributed by atoms with Gasteiger partial charge in [-0.15, -0.1) is 0 Å². The van der Waals surface area contributed by atoms with Crippen LogP contribution in [0.5, 0.6) is 0 Å². The van der Waals surface area contributed by atoms with Crippen LogP contribution in [0.15, 0.2) is 0 Å². The van der Waals surface area contributed by atoms with E-state index < -0.39 is 0 Å². The van der Waals surface area contributed by atoms with Crippen molar-refractivity contribution in [1.82, 2.24) is 0 Å². The Hall–Kier alpha value is 0.280. The van der Waals surface area contributed by atoms with E-state index in [1.54, 1.807) is 0 Å². The highest BCUT2D eigenvalue weighted by atomic mass is 79.9. The van der Waals surface area contributed by atoms with Crippen LogP contribution in [0, 0.1) is 0 Å². The fourth-order valence-electron chi connectivity index (χ4n) is 0.779. The minimum absolute atomic E-state index is 0.0523. The van der Waals surface area contributed by atoms with Crippen molar-refractivity contribution >= 4 is 15.9 Å². The summed E-state index contributed by atoms with van der Waals surface area (Å²) in [7, 11) is 0. The molecule has 0 saturated heterocycles. The van der Waals surface area contributed by atoms with Gasteiger partial charge in [-0.3, -0.25) is 0 Å². The second-order valence-corrected chi connectivity index (χ2v) is 3.04. The largest absolute Gasteiger partial charge is 0.394 e. The number of alkyl halides is 1. The van der Waals surface area contributed by atoms with Crippen LogP contribution >= 0.6 is 15.9 Å². The molecule has 0 amide bonds. The third-order valence-electron chi connectivity index (χ3n) is 1.43. The first kappa shape index (κ1) is 15.3. The van der Waals surface area contributed by atoms with E-state index in [-0.39, 0.29) is 6.61 Å². The smallest absolute Gasteiger partial charge is 0.102 e. The standard InChI is InChI=1S/C9H19BrO5/c10-9-15-8-7-14-6-5-13-4-3-12-2-1-11/h11H,1-9H2. The third-order valence-corrected chi connectivity index (χ3v) is 1.75. The molecule has 0 unspecified atom stereocenters. The first-order chi connectivity index (χ1) is 7.41. The zero-order valence-corrected chi connectivity index (χ0v) is 10.4. The number of aliphatic hydroxyl groups is 1. The lowest BCUT2D eigenvalue weighted by molar-refractivity contribution is -0.00168. The van der Waals surface area contributed by atoms with Crippen molar-refractivity contribution in [2.45, 2.75) is 0 Å². The third kappa shape index (κ3) is 14.3. The van der Waals surface area contributed by atoms with Gasteiger partial charge < -0.3 is 24.1 Å². The SMILES string of the molecule is OCCOCCOCCOCCOCBr. The summed E-state index contributed by atoms with van der Waals surface area (Å²) in [5, 5.41) is 8.41. The van der Waals surface area contributed by atoms with Gasteiger partial charge in [0.15, 0.2) is 0 Å². The molecule has 0 aliphatic heterocycles. The van der Waals surface area contributed by atoms with Crippen LogP contribution in [0.1, 0.15) is 0 Å². The predicted octanol–water partition coefficient (Wildman–Crippen LogP) is 0.397. The Morgan fingerprint density at radius 2 is 1.07 bits per heavy atom. The van der Waals surface area contributed by atoms with E-state index in [4.69, 9.17) is 24.1 Å². The molecule has 0 aromatic carbocycles. The molecule has 0 aromatic rings. The molecule has 0 atom stereocenters. The highest BCUT2D eigenvalue weighted by Gasteiger charge is 1.91. The molecule has 5 nitrogen and oxygen atoms in total. The first-order valence-electron chi connectivity index (χ1n) is 4.89. The van der Waals surface area contributed by atoms with E-state index in [9.17, 15) is 0 Å². The molecule has 0 rings (SSSR count). The van der Waals surface area contributed by atoms with Crippen molar-refractivity contribution in [1.29, 1.82) is 0 Å². The Kier molecular flexibility index (Phi) is 14.5. The zero-order valence-electron chi connectivity index (χ0n) is 8.82. The highest BCUT2D eigenvalue weighted by molar-refractivity contribution is 9.09. The fourth-order valence-corrected chi connectivity index (χ4v) is 1.01. The number of aliphatic hydroxyl groups excluding tert-OH is 1. The van der Waals surface area contributed by atoms with E-state index >= 15 is 0 Å². The van der Waals surface area contributed by atoms with Gasteiger partial charge in [0.1, 0.15) is 5.52 Å². The summed E-state index contributed by atoms with van der Waals surface area (Å²) in [6.45, 7) is 3.73. The molecule has 0 fully saturated rings. The summed E-state index contributed by atoms with van der Waals surface area (Å²) in [5.74, 6) is 0. The van der Waals surface area contributed by atoms with Gasteiger partial charge in [-0.1, -0.05) is 15.9 Å². The Morgan fingerprint density at radius 3 is 1.47 bits per heavy atom. The molecule has 0 aliphatic carbocycles. The van der Waals surface area contributed by atoms with Crippen molar-refractivity contribution in [3.63, 3.8) is 0 Å². The van der Waals surface area contributed by atoms with Crippen molar-refractivity contribution < 1.29 is 24.1 Å². The maximum absolute atomic E-state index is 8.41. The van der Waals surface area contributed by atoms with Crippen LogP contribution in [0.3, 0.4) is 0 Å². The average molecular weight is 287 g/mol. The lowest BCUT2D eigenvalue weighted by atomic mass is 10.7. The van der Waals surface area contributed by atoms with E-state index in [0.29, 0.717) is 51.8 Å². The number of hydrogen-bond donors (Lipinski definition) is 1. The van der Waals surface area contributed by atoms with Gasteiger partial charge in [-0.25, -0.2) is 0 Å². The topological polar surface area (TPSA) is 57.2 Å². The van der Waals surface area contributed by atoms with Crippen molar-refractivity contribution in [2.24, 2.45) is 0 Å². The van der Waals surface area contributed by atoms with Crippen molar-refractivity contribution in [3.8, 4) is 0 Å². The normalized spacial score (nSPS) is 10.8. The zero-order chi connectivity index (χ0) is 11.2. The molecular weight excluding hydrogens is 268 g/mol. The number of ether oxygens (including phenoxy) is 4. The first-order valence-corrected chi connectivity index (χ1v) is 6.01. The molecule has 6 heteroatoms. The average Bonchev–Trinajstić information content (AvgIpc) is 2.26. The Morgan fingerprint density at radius 1 is 0.667 bits per heavy atom. The minimum Gasteiger partial charge on any atom is -0.394 e. The summed E-state index contributed by atoms with van der Waals surface area (Å²) in [6.07, 6.45) is 0. The van der Waals surface area contributed by atoms with Crippen LogP contribution < -0.4 is 0 Å². The molecule has 0 saturated carbocycles. The molecule has 0 radical (unpaired) electrons. The van der Waals surface area contributed by atoms with Gasteiger partial charge in [-0.2, -0.15) is 0 Å². The fraction of sp³-hybridized carbons (Fsp3) is 1.00. The van der Waals surface area contributed by atoms with Gasteiger partial charge in [0.05, 0.1) is 52.9 Å². The Bertz CT molecular complexity index is 103. The summed E-state index contributed by atoms with van der Waals surface area (Å²) in [6, 6.07) is 0. The summed E-state index contributed by atoms with van der Waals surface area (Å²) in [4.78, 5) is 0. The van der Waals surface area contributed by atoms with Crippen molar-refractivity contribution in [3.05, 3.63) is 0 Å².